The van der Waals surface area contributed by atoms with E-state index in [1.165, 1.54) is 167 Å². The van der Waals surface area contributed by atoms with Gasteiger partial charge in [0.15, 0.2) is 6.10 Å². The standard InChI is InChI=1S/C55H106NO9P/c1-4-7-10-13-16-19-22-25-26-29-32-35-38-41-44-47-55(59)65-52(50-62-54(58)46-43-40-37-34-31-28-24-21-18-15-12-9-6-3)51-64-66(60,61)63-49-48-56-53(57)45-42-39-36-33-30-27-23-20-17-14-11-8-5-2/h21,24,52H,4-20,22-23,25-51H2,1-3H3,(H,56,57)(H,60,61)/b24-21-/t52-/m1/s1. The van der Waals surface area contributed by atoms with Gasteiger partial charge in [-0.15, -0.1) is 0 Å². The number of esters is 2. The number of hydrogen-bond donors (Lipinski definition) is 2. The Kier molecular flexibility index (Phi) is 49.8. The van der Waals surface area contributed by atoms with Gasteiger partial charge in [0, 0.05) is 25.8 Å². The molecule has 0 saturated heterocycles. The fourth-order valence-electron chi connectivity index (χ4n) is 8.20. The number of amides is 1. The van der Waals surface area contributed by atoms with Crippen LogP contribution in [0.2, 0.25) is 0 Å². The maximum Gasteiger partial charge on any atom is 0.472 e. The van der Waals surface area contributed by atoms with Crippen LogP contribution in [0.4, 0.5) is 0 Å². The van der Waals surface area contributed by atoms with Crippen molar-refractivity contribution in [3.63, 3.8) is 0 Å². The summed E-state index contributed by atoms with van der Waals surface area (Å²) in [7, 11) is -4.53. The topological polar surface area (TPSA) is 137 Å². The number of carbonyl (C=O) groups excluding carboxylic acids is 3. The van der Waals surface area contributed by atoms with Crippen LogP contribution in [-0.4, -0.2) is 55.2 Å². The summed E-state index contributed by atoms with van der Waals surface area (Å²) in [5, 5.41) is 2.74. The maximum atomic E-state index is 12.8. The number of unbranched alkanes of at least 4 members (excludes halogenated alkanes) is 35. The molecule has 2 N–H and O–H groups in total. The largest absolute Gasteiger partial charge is 0.472 e. The molecule has 66 heavy (non-hydrogen) atoms. The summed E-state index contributed by atoms with van der Waals surface area (Å²) in [4.78, 5) is 48.1. The van der Waals surface area contributed by atoms with Gasteiger partial charge in [0.2, 0.25) is 5.91 Å². The van der Waals surface area contributed by atoms with Crippen LogP contribution in [0.1, 0.15) is 290 Å². The number of allylic oxidation sites excluding steroid dienone is 2. The minimum atomic E-state index is -4.53. The zero-order valence-electron chi connectivity index (χ0n) is 43.4. The normalized spacial score (nSPS) is 13.0. The van der Waals surface area contributed by atoms with E-state index in [0.29, 0.717) is 19.3 Å². The molecule has 1 amide bonds. The zero-order valence-corrected chi connectivity index (χ0v) is 44.3. The summed E-state index contributed by atoms with van der Waals surface area (Å²) in [5.74, 6) is -0.975. The highest BCUT2D eigenvalue weighted by Gasteiger charge is 2.26. The lowest BCUT2D eigenvalue weighted by Gasteiger charge is -2.20. The number of ether oxygens (including phenoxy) is 2. The van der Waals surface area contributed by atoms with Crippen molar-refractivity contribution >= 4 is 25.7 Å². The average Bonchev–Trinajstić information content (AvgIpc) is 3.30. The molecule has 1 unspecified atom stereocenters. The summed E-state index contributed by atoms with van der Waals surface area (Å²) in [5.41, 5.74) is 0. The van der Waals surface area contributed by atoms with Gasteiger partial charge in [0.1, 0.15) is 6.61 Å². The molecular formula is C55H106NO9P. The molecule has 11 heteroatoms. The van der Waals surface area contributed by atoms with Crippen LogP contribution in [0.25, 0.3) is 0 Å². The molecule has 0 aromatic carbocycles. The van der Waals surface area contributed by atoms with E-state index in [0.717, 1.165) is 70.6 Å². The molecule has 0 spiro atoms. The summed E-state index contributed by atoms with van der Waals surface area (Å²) in [6.45, 7) is 5.85. The highest BCUT2D eigenvalue weighted by Crippen LogP contribution is 2.43. The lowest BCUT2D eigenvalue weighted by Crippen LogP contribution is -2.30. The van der Waals surface area contributed by atoms with Gasteiger partial charge in [-0.2, -0.15) is 0 Å². The number of nitrogens with one attached hydrogen (secondary N) is 1. The third-order valence-electron chi connectivity index (χ3n) is 12.5. The van der Waals surface area contributed by atoms with Crippen molar-refractivity contribution in [1.29, 1.82) is 0 Å². The Labute approximate surface area is 407 Å². The second-order valence-electron chi connectivity index (χ2n) is 19.1. The third kappa shape index (κ3) is 50.1. The summed E-state index contributed by atoms with van der Waals surface area (Å²) >= 11 is 0. The third-order valence-corrected chi connectivity index (χ3v) is 13.4. The molecule has 0 aliphatic rings. The van der Waals surface area contributed by atoms with Crippen LogP contribution >= 0.6 is 7.82 Å². The first kappa shape index (κ1) is 64.3. The van der Waals surface area contributed by atoms with E-state index in [4.69, 9.17) is 18.5 Å². The Morgan fingerprint density at radius 3 is 1.23 bits per heavy atom. The minimum Gasteiger partial charge on any atom is -0.462 e. The second-order valence-corrected chi connectivity index (χ2v) is 20.5. The number of rotatable bonds is 53. The van der Waals surface area contributed by atoms with E-state index in [-0.39, 0.29) is 38.5 Å². The monoisotopic (exact) mass is 956 g/mol. The first-order valence-electron chi connectivity index (χ1n) is 28.1. The molecule has 0 bridgehead atoms. The molecule has 0 radical (unpaired) electrons. The van der Waals surface area contributed by atoms with E-state index in [1.807, 2.05) is 0 Å². The smallest absolute Gasteiger partial charge is 0.462 e. The van der Waals surface area contributed by atoms with Crippen molar-refractivity contribution in [2.45, 2.75) is 297 Å². The van der Waals surface area contributed by atoms with Gasteiger partial charge in [0.25, 0.3) is 0 Å². The Morgan fingerprint density at radius 1 is 0.455 bits per heavy atom. The molecule has 0 aliphatic carbocycles. The summed E-state index contributed by atoms with van der Waals surface area (Å²) < 4.78 is 34.1. The van der Waals surface area contributed by atoms with E-state index in [2.05, 4.69) is 38.2 Å². The first-order valence-corrected chi connectivity index (χ1v) is 29.6. The zero-order chi connectivity index (χ0) is 48.3. The Hall–Kier alpha value is -1.74. The van der Waals surface area contributed by atoms with E-state index in [9.17, 15) is 23.8 Å². The lowest BCUT2D eigenvalue weighted by atomic mass is 10.0. The first-order chi connectivity index (χ1) is 32.2. The quantitative estimate of drug-likeness (QED) is 0.0264. The molecule has 0 aromatic heterocycles. The summed E-state index contributed by atoms with van der Waals surface area (Å²) in [6, 6.07) is 0. The van der Waals surface area contributed by atoms with Crippen LogP contribution in [0, 0.1) is 0 Å². The molecule has 0 heterocycles. The van der Waals surface area contributed by atoms with Crippen molar-refractivity contribution in [3.05, 3.63) is 12.2 Å². The molecule has 0 fully saturated rings. The molecule has 0 rings (SSSR count). The molecule has 0 aromatic rings. The van der Waals surface area contributed by atoms with Crippen molar-refractivity contribution in [2.24, 2.45) is 0 Å². The molecule has 0 aliphatic heterocycles. The lowest BCUT2D eigenvalue weighted by molar-refractivity contribution is -0.161. The van der Waals surface area contributed by atoms with Crippen LogP contribution in [0.5, 0.6) is 0 Å². The molecule has 10 nitrogen and oxygen atoms in total. The molecule has 2 atom stereocenters. The van der Waals surface area contributed by atoms with Gasteiger partial charge in [-0.05, 0) is 44.9 Å². The number of phosphoric acid groups is 1. The fourth-order valence-corrected chi connectivity index (χ4v) is 8.96. The number of hydrogen-bond acceptors (Lipinski definition) is 8. The predicted molar refractivity (Wildman–Crippen MR) is 276 cm³/mol. The van der Waals surface area contributed by atoms with E-state index in [1.54, 1.807) is 0 Å². The fraction of sp³-hybridized carbons (Fsp3) is 0.909. The Bertz CT molecular complexity index is 1150. The van der Waals surface area contributed by atoms with Crippen molar-refractivity contribution in [3.8, 4) is 0 Å². The van der Waals surface area contributed by atoms with Gasteiger partial charge in [-0.25, -0.2) is 4.57 Å². The van der Waals surface area contributed by atoms with E-state index < -0.39 is 32.5 Å². The van der Waals surface area contributed by atoms with Gasteiger partial charge in [-0.1, -0.05) is 238 Å². The van der Waals surface area contributed by atoms with Gasteiger partial charge >= 0.3 is 19.8 Å². The highest BCUT2D eigenvalue weighted by atomic mass is 31.2. The summed E-state index contributed by atoms with van der Waals surface area (Å²) in [6.07, 6.45) is 51.4. The van der Waals surface area contributed by atoms with Crippen LogP contribution in [0.15, 0.2) is 12.2 Å². The highest BCUT2D eigenvalue weighted by molar-refractivity contribution is 7.47. The van der Waals surface area contributed by atoms with Gasteiger partial charge in [0.05, 0.1) is 13.2 Å². The second kappa shape index (κ2) is 51.1. The molecule has 0 saturated carbocycles. The Balaban J connectivity index is 4.49. The molecular weight excluding hydrogens is 850 g/mol. The van der Waals surface area contributed by atoms with Crippen molar-refractivity contribution in [2.75, 3.05) is 26.4 Å². The van der Waals surface area contributed by atoms with Crippen molar-refractivity contribution < 1.29 is 42.4 Å². The Morgan fingerprint density at radius 2 is 0.803 bits per heavy atom. The van der Waals surface area contributed by atoms with Crippen LogP contribution in [0.3, 0.4) is 0 Å². The average molecular weight is 956 g/mol. The van der Waals surface area contributed by atoms with E-state index >= 15 is 0 Å². The van der Waals surface area contributed by atoms with Gasteiger partial charge in [-0.3, -0.25) is 23.4 Å². The van der Waals surface area contributed by atoms with Gasteiger partial charge < -0.3 is 19.7 Å². The number of phosphoric ester groups is 1. The molecule has 390 valence electrons. The minimum absolute atomic E-state index is 0.0662. The predicted octanol–water partition coefficient (Wildman–Crippen LogP) is 16.7. The van der Waals surface area contributed by atoms with Crippen molar-refractivity contribution in [1.82, 2.24) is 5.32 Å². The maximum absolute atomic E-state index is 12.8. The van der Waals surface area contributed by atoms with Crippen LogP contribution in [-0.2, 0) is 37.5 Å². The van der Waals surface area contributed by atoms with Crippen LogP contribution < -0.4 is 5.32 Å². The number of carbonyl (C=O) groups is 3. The SMILES string of the molecule is CCCCCC/C=C\CCCCCCCC(=O)OC[C@H](COP(=O)(O)OCCNC(=O)CCCCCCCCCCCCCCC)OC(=O)CCCCCCCCCCCCCCCCC.